The largest absolute Gasteiger partial charge is 0.0805 e. The number of hydrogen-bond acceptors (Lipinski definition) is 0. The maximum atomic E-state index is 2.33. The van der Waals surface area contributed by atoms with Gasteiger partial charge in [0.1, 0.15) is 0 Å². The zero-order chi connectivity index (χ0) is 10.2. The molecule has 78 valence electrons. The highest BCUT2D eigenvalue weighted by Gasteiger charge is 2.07. The summed E-state index contributed by atoms with van der Waals surface area (Å²) in [7, 11) is 0. The predicted molar refractivity (Wildman–Crippen MR) is 64.4 cm³/mol. The Balaban J connectivity index is 0.000000461. The third-order valence-electron chi connectivity index (χ3n) is 2.71. The van der Waals surface area contributed by atoms with Gasteiger partial charge >= 0.3 is 0 Å². The summed E-state index contributed by atoms with van der Waals surface area (Å²) in [5, 5.41) is 0. The zero-order valence-electron chi connectivity index (χ0n) is 9.55. The molecule has 0 aromatic heterocycles. The zero-order valence-corrected chi connectivity index (χ0v) is 9.55. The van der Waals surface area contributed by atoms with Gasteiger partial charge in [0.25, 0.3) is 0 Å². The van der Waals surface area contributed by atoms with E-state index in [4.69, 9.17) is 0 Å². The van der Waals surface area contributed by atoms with Crippen LogP contribution in [-0.2, 0) is 0 Å². The Morgan fingerprint density at radius 3 is 1.79 bits per heavy atom. The number of rotatable bonds is 0. The summed E-state index contributed by atoms with van der Waals surface area (Å²) in [6.07, 6.45) is 17.1. The summed E-state index contributed by atoms with van der Waals surface area (Å²) < 4.78 is 0. The van der Waals surface area contributed by atoms with Crippen molar-refractivity contribution in [3.63, 3.8) is 0 Å². The second-order valence-corrected chi connectivity index (χ2v) is 3.65. The van der Waals surface area contributed by atoms with E-state index in [0.717, 1.165) is 6.42 Å². The maximum Gasteiger partial charge on any atom is -0.0163 e. The third kappa shape index (κ3) is 3.17. The van der Waals surface area contributed by atoms with Gasteiger partial charge in [0.05, 0.1) is 0 Å². The Bertz CT molecular complexity index is 217. The molecule has 0 N–H and O–H groups in total. The van der Waals surface area contributed by atoms with E-state index in [1.165, 1.54) is 32.1 Å². The highest BCUT2D eigenvalue weighted by atomic mass is 14.1. The summed E-state index contributed by atoms with van der Waals surface area (Å²) >= 11 is 0. The molecule has 2 aliphatic rings. The molecule has 0 aromatic carbocycles. The smallest absolute Gasteiger partial charge is 0.0163 e. The molecular weight excluding hydrogens is 168 g/mol. The summed E-state index contributed by atoms with van der Waals surface area (Å²) in [6, 6.07) is 0. The van der Waals surface area contributed by atoms with Crippen LogP contribution in [0.4, 0.5) is 0 Å². The fourth-order valence-electron chi connectivity index (χ4n) is 2.01. The first-order valence-corrected chi connectivity index (χ1v) is 6.02. The summed E-state index contributed by atoms with van der Waals surface area (Å²) in [5.74, 6) is 0. The molecule has 0 nitrogen and oxygen atoms in total. The lowest BCUT2D eigenvalue weighted by Crippen LogP contribution is -1.82. The molecule has 0 atom stereocenters. The Morgan fingerprint density at radius 1 is 0.786 bits per heavy atom. The molecule has 0 heteroatoms. The van der Waals surface area contributed by atoms with E-state index in [-0.39, 0.29) is 0 Å². The average Bonchev–Trinajstić information content (AvgIpc) is 2.56. The Labute approximate surface area is 88.4 Å². The van der Waals surface area contributed by atoms with Gasteiger partial charge in [-0.2, -0.15) is 0 Å². The van der Waals surface area contributed by atoms with Crippen LogP contribution in [0.15, 0.2) is 35.5 Å². The van der Waals surface area contributed by atoms with Crippen LogP contribution in [0.25, 0.3) is 0 Å². The van der Waals surface area contributed by atoms with E-state index in [9.17, 15) is 0 Å². The number of allylic oxidation sites excluding steroid dienone is 6. The van der Waals surface area contributed by atoms with Gasteiger partial charge in [0.15, 0.2) is 0 Å². The molecule has 2 aliphatic carbocycles. The molecule has 0 heterocycles. The molecule has 0 spiro atoms. The van der Waals surface area contributed by atoms with Crippen molar-refractivity contribution in [2.24, 2.45) is 0 Å². The number of hydrogen-bond donors (Lipinski definition) is 0. The first kappa shape index (κ1) is 11.3. The second kappa shape index (κ2) is 6.64. The standard InChI is InChI=1S/C12H16.C2H6/c1-3-7-11-9-5-2-6-10-12(11)8-4-1;1-2/h3-4,7-8H,1-2,5-6,9-10H2;1-2H3. The van der Waals surface area contributed by atoms with E-state index in [1.54, 1.807) is 11.1 Å². The summed E-state index contributed by atoms with van der Waals surface area (Å²) in [5.41, 5.74) is 3.20. The molecule has 0 bridgehead atoms. The minimum Gasteiger partial charge on any atom is -0.0805 e. The molecule has 0 aliphatic heterocycles. The molecular formula is C14H22. The van der Waals surface area contributed by atoms with Gasteiger partial charge in [0.2, 0.25) is 0 Å². The van der Waals surface area contributed by atoms with Crippen LogP contribution in [0.3, 0.4) is 0 Å². The predicted octanol–water partition coefficient (Wildman–Crippen LogP) is 4.79. The van der Waals surface area contributed by atoms with E-state index < -0.39 is 0 Å². The fraction of sp³-hybridized carbons (Fsp3) is 0.571. The van der Waals surface area contributed by atoms with E-state index in [1.807, 2.05) is 13.8 Å². The van der Waals surface area contributed by atoms with Crippen molar-refractivity contribution >= 4 is 0 Å². The van der Waals surface area contributed by atoms with Gasteiger partial charge in [-0.15, -0.1) is 0 Å². The van der Waals surface area contributed by atoms with Crippen molar-refractivity contribution in [3.05, 3.63) is 35.5 Å². The molecule has 0 aromatic rings. The molecule has 0 fully saturated rings. The lowest BCUT2D eigenvalue weighted by atomic mass is 10.0. The van der Waals surface area contributed by atoms with Crippen LogP contribution in [0.1, 0.15) is 52.4 Å². The Hall–Kier alpha value is -0.780. The van der Waals surface area contributed by atoms with Crippen molar-refractivity contribution < 1.29 is 0 Å². The van der Waals surface area contributed by atoms with Gasteiger partial charge in [-0.1, -0.05) is 44.6 Å². The van der Waals surface area contributed by atoms with Crippen LogP contribution in [0.2, 0.25) is 0 Å². The normalized spacial score (nSPS) is 20.4. The van der Waals surface area contributed by atoms with Crippen LogP contribution in [0.5, 0.6) is 0 Å². The van der Waals surface area contributed by atoms with E-state index in [0.29, 0.717) is 0 Å². The first-order valence-electron chi connectivity index (χ1n) is 6.02. The van der Waals surface area contributed by atoms with Crippen LogP contribution in [-0.4, -0.2) is 0 Å². The SMILES string of the molecule is C1=CC2=C(C=CC1)CCCCC2.CC. The lowest BCUT2D eigenvalue weighted by molar-refractivity contribution is 0.710. The second-order valence-electron chi connectivity index (χ2n) is 3.65. The van der Waals surface area contributed by atoms with Crippen molar-refractivity contribution in [2.45, 2.75) is 52.4 Å². The average molecular weight is 190 g/mol. The molecule has 0 amide bonds. The minimum absolute atomic E-state index is 1.12. The highest BCUT2D eigenvalue weighted by Crippen LogP contribution is 2.26. The van der Waals surface area contributed by atoms with Crippen molar-refractivity contribution in [3.8, 4) is 0 Å². The molecule has 0 saturated heterocycles. The first-order chi connectivity index (χ1) is 6.97. The molecule has 0 saturated carbocycles. The third-order valence-corrected chi connectivity index (χ3v) is 2.71. The van der Waals surface area contributed by atoms with Crippen LogP contribution >= 0.6 is 0 Å². The summed E-state index contributed by atoms with van der Waals surface area (Å²) in [6.45, 7) is 4.00. The fourth-order valence-corrected chi connectivity index (χ4v) is 2.01. The summed E-state index contributed by atoms with van der Waals surface area (Å²) in [4.78, 5) is 0. The highest BCUT2D eigenvalue weighted by molar-refractivity contribution is 5.36. The van der Waals surface area contributed by atoms with Crippen LogP contribution < -0.4 is 0 Å². The van der Waals surface area contributed by atoms with Crippen molar-refractivity contribution in [2.75, 3.05) is 0 Å². The van der Waals surface area contributed by atoms with Gasteiger partial charge in [-0.25, -0.2) is 0 Å². The van der Waals surface area contributed by atoms with E-state index >= 15 is 0 Å². The Kier molecular flexibility index (Phi) is 5.36. The monoisotopic (exact) mass is 190 g/mol. The quantitative estimate of drug-likeness (QED) is 0.515. The van der Waals surface area contributed by atoms with E-state index in [2.05, 4.69) is 24.3 Å². The van der Waals surface area contributed by atoms with Gasteiger partial charge in [0, 0.05) is 0 Å². The van der Waals surface area contributed by atoms with Crippen molar-refractivity contribution in [1.29, 1.82) is 0 Å². The van der Waals surface area contributed by atoms with Gasteiger partial charge in [-0.3, -0.25) is 0 Å². The van der Waals surface area contributed by atoms with Gasteiger partial charge in [-0.05, 0) is 43.3 Å². The molecule has 0 radical (unpaired) electrons. The molecule has 2 rings (SSSR count). The van der Waals surface area contributed by atoms with Gasteiger partial charge < -0.3 is 0 Å². The molecule has 0 unspecified atom stereocenters. The Morgan fingerprint density at radius 2 is 1.29 bits per heavy atom. The minimum atomic E-state index is 1.12. The maximum absolute atomic E-state index is 2.33. The lowest BCUT2D eigenvalue weighted by Gasteiger charge is -2.02. The topological polar surface area (TPSA) is 0 Å². The van der Waals surface area contributed by atoms with Crippen molar-refractivity contribution in [1.82, 2.24) is 0 Å². The van der Waals surface area contributed by atoms with Crippen LogP contribution in [0, 0.1) is 0 Å². The molecule has 14 heavy (non-hydrogen) atoms.